The lowest BCUT2D eigenvalue weighted by molar-refractivity contribution is 0.176. The van der Waals surface area contributed by atoms with E-state index in [4.69, 9.17) is 4.74 Å². The van der Waals surface area contributed by atoms with Crippen molar-refractivity contribution in [1.29, 1.82) is 0 Å². The zero-order valence-corrected chi connectivity index (χ0v) is 12.5. The monoisotopic (exact) mass is 301 g/mol. The van der Waals surface area contributed by atoms with Crippen molar-refractivity contribution in [3.05, 3.63) is 71.6 Å². The highest BCUT2D eigenvalue weighted by Gasteiger charge is 2.06. The number of hydrogen-bond donors (Lipinski definition) is 2. The van der Waals surface area contributed by atoms with Gasteiger partial charge < -0.3 is 15.2 Å². The van der Waals surface area contributed by atoms with E-state index in [1.165, 1.54) is 12.1 Å². The van der Waals surface area contributed by atoms with E-state index in [0.717, 1.165) is 11.3 Å². The van der Waals surface area contributed by atoms with Crippen molar-refractivity contribution < 1.29 is 14.2 Å². The molecule has 0 saturated carbocycles. The Morgan fingerprint density at radius 1 is 1.18 bits per heavy atom. The third-order valence-corrected chi connectivity index (χ3v) is 3.29. The van der Waals surface area contributed by atoms with E-state index in [1.807, 2.05) is 36.4 Å². The molecule has 0 saturated heterocycles. The molecule has 4 heteroatoms. The molecule has 0 aromatic heterocycles. The van der Waals surface area contributed by atoms with E-state index in [9.17, 15) is 9.50 Å². The van der Waals surface area contributed by atoms with Crippen LogP contribution in [0.25, 0.3) is 6.08 Å². The largest absolute Gasteiger partial charge is 0.496 e. The Morgan fingerprint density at radius 2 is 1.91 bits per heavy atom. The van der Waals surface area contributed by atoms with Gasteiger partial charge in [0.15, 0.2) is 0 Å². The van der Waals surface area contributed by atoms with Gasteiger partial charge in [-0.3, -0.25) is 0 Å². The minimum atomic E-state index is -0.653. The molecule has 0 radical (unpaired) electrons. The fourth-order valence-corrected chi connectivity index (χ4v) is 2.10. The molecule has 0 spiro atoms. The van der Waals surface area contributed by atoms with Crippen LogP contribution in [0.1, 0.15) is 17.2 Å². The van der Waals surface area contributed by atoms with Crippen LogP contribution in [-0.2, 0) is 0 Å². The summed E-state index contributed by atoms with van der Waals surface area (Å²) in [6, 6.07) is 13.6. The molecular weight excluding hydrogens is 281 g/mol. The summed E-state index contributed by atoms with van der Waals surface area (Å²) in [6.45, 7) is 1.03. The first-order valence-electron chi connectivity index (χ1n) is 7.14. The number of hydrogen-bond acceptors (Lipinski definition) is 3. The molecular formula is C18H20FNO2. The maximum absolute atomic E-state index is 12.8. The lowest BCUT2D eigenvalue weighted by atomic mass is 10.1. The van der Waals surface area contributed by atoms with Crippen molar-refractivity contribution in [2.45, 2.75) is 6.10 Å². The van der Waals surface area contributed by atoms with Gasteiger partial charge >= 0.3 is 0 Å². The lowest BCUT2D eigenvalue weighted by Gasteiger charge is -2.11. The molecule has 0 aliphatic heterocycles. The molecule has 2 N–H and O–H groups in total. The van der Waals surface area contributed by atoms with Crippen LogP contribution in [-0.4, -0.2) is 25.3 Å². The number of ether oxygens (including phenoxy) is 1. The zero-order valence-electron chi connectivity index (χ0n) is 12.5. The molecule has 0 bridgehead atoms. The Morgan fingerprint density at radius 3 is 2.64 bits per heavy atom. The Bertz CT molecular complexity index is 611. The average Bonchev–Trinajstić information content (AvgIpc) is 2.55. The summed E-state index contributed by atoms with van der Waals surface area (Å²) in [6.07, 6.45) is 3.28. The molecule has 0 aliphatic rings. The molecule has 22 heavy (non-hydrogen) atoms. The van der Waals surface area contributed by atoms with E-state index < -0.39 is 6.10 Å². The maximum Gasteiger partial charge on any atom is 0.126 e. The van der Waals surface area contributed by atoms with Crippen LogP contribution < -0.4 is 10.1 Å². The van der Waals surface area contributed by atoms with Gasteiger partial charge in [0.05, 0.1) is 13.2 Å². The Balaban J connectivity index is 1.79. The normalized spacial score (nSPS) is 12.5. The van der Waals surface area contributed by atoms with E-state index in [-0.39, 0.29) is 5.82 Å². The number of methoxy groups -OCH3 is 1. The number of para-hydroxylation sites is 1. The van der Waals surface area contributed by atoms with Crippen molar-refractivity contribution in [3.63, 3.8) is 0 Å². The van der Waals surface area contributed by atoms with E-state index in [0.29, 0.717) is 18.7 Å². The molecule has 3 nitrogen and oxygen atoms in total. The second-order valence-electron chi connectivity index (χ2n) is 4.87. The molecule has 0 heterocycles. The van der Waals surface area contributed by atoms with Crippen LogP contribution >= 0.6 is 0 Å². The minimum absolute atomic E-state index is 0.302. The van der Waals surface area contributed by atoms with Crippen LogP contribution in [0.15, 0.2) is 54.6 Å². The van der Waals surface area contributed by atoms with Crippen LogP contribution in [0.3, 0.4) is 0 Å². The summed E-state index contributed by atoms with van der Waals surface area (Å²) in [5, 5.41) is 13.1. The van der Waals surface area contributed by atoms with Gasteiger partial charge in [0.25, 0.3) is 0 Å². The number of rotatable bonds is 7. The molecule has 1 unspecified atom stereocenters. The third-order valence-electron chi connectivity index (χ3n) is 3.29. The SMILES string of the molecule is COc1ccccc1C=CCNCC(O)c1ccc(F)cc1. The molecule has 0 amide bonds. The molecule has 116 valence electrons. The van der Waals surface area contributed by atoms with Crippen LogP contribution in [0.5, 0.6) is 5.75 Å². The molecule has 1 atom stereocenters. The van der Waals surface area contributed by atoms with Gasteiger partial charge in [0.2, 0.25) is 0 Å². The summed E-state index contributed by atoms with van der Waals surface area (Å²) < 4.78 is 18.1. The first-order chi connectivity index (χ1) is 10.7. The zero-order chi connectivity index (χ0) is 15.8. The first kappa shape index (κ1) is 16.2. The van der Waals surface area contributed by atoms with E-state index in [2.05, 4.69) is 5.32 Å². The Labute approximate surface area is 130 Å². The number of aliphatic hydroxyl groups is 1. The van der Waals surface area contributed by atoms with Crippen LogP contribution in [0.4, 0.5) is 4.39 Å². The van der Waals surface area contributed by atoms with Crippen molar-refractivity contribution in [2.75, 3.05) is 20.2 Å². The van der Waals surface area contributed by atoms with Gasteiger partial charge in [0, 0.05) is 18.7 Å². The van der Waals surface area contributed by atoms with Gasteiger partial charge in [-0.25, -0.2) is 4.39 Å². The molecule has 2 rings (SSSR count). The Hall–Kier alpha value is -2.17. The average molecular weight is 301 g/mol. The topological polar surface area (TPSA) is 41.5 Å². The number of nitrogens with one attached hydrogen (secondary N) is 1. The van der Waals surface area contributed by atoms with Gasteiger partial charge in [-0.05, 0) is 23.8 Å². The highest BCUT2D eigenvalue weighted by Crippen LogP contribution is 2.18. The van der Waals surface area contributed by atoms with Crippen molar-refractivity contribution in [1.82, 2.24) is 5.32 Å². The summed E-state index contributed by atoms with van der Waals surface area (Å²) in [5.41, 5.74) is 1.70. The Kier molecular flexibility index (Phi) is 6.13. The standard InChI is InChI=1S/C18H20FNO2/c1-22-18-7-3-2-5-15(18)6-4-12-20-13-17(21)14-8-10-16(19)11-9-14/h2-11,17,20-21H,12-13H2,1H3. The summed E-state index contributed by atoms with van der Waals surface area (Å²) >= 11 is 0. The summed E-state index contributed by atoms with van der Waals surface area (Å²) in [7, 11) is 1.64. The van der Waals surface area contributed by atoms with E-state index in [1.54, 1.807) is 19.2 Å². The fraction of sp³-hybridized carbons (Fsp3) is 0.222. The van der Waals surface area contributed by atoms with Gasteiger partial charge in [0.1, 0.15) is 11.6 Å². The van der Waals surface area contributed by atoms with Gasteiger partial charge in [-0.15, -0.1) is 0 Å². The highest BCUT2D eigenvalue weighted by atomic mass is 19.1. The highest BCUT2D eigenvalue weighted by molar-refractivity contribution is 5.57. The van der Waals surface area contributed by atoms with Crippen molar-refractivity contribution >= 4 is 6.08 Å². The second kappa shape index (κ2) is 8.32. The smallest absolute Gasteiger partial charge is 0.126 e. The lowest BCUT2D eigenvalue weighted by Crippen LogP contribution is -2.21. The third kappa shape index (κ3) is 4.69. The first-order valence-corrected chi connectivity index (χ1v) is 7.14. The van der Waals surface area contributed by atoms with Crippen LogP contribution in [0, 0.1) is 5.82 Å². The van der Waals surface area contributed by atoms with E-state index >= 15 is 0 Å². The van der Waals surface area contributed by atoms with Gasteiger partial charge in [-0.1, -0.05) is 42.5 Å². The maximum atomic E-state index is 12.8. The molecule has 0 fully saturated rings. The summed E-state index contributed by atoms with van der Waals surface area (Å²) in [5.74, 6) is 0.522. The molecule has 0 aliphatic carbocycles. The number of benzene rings is 2. The van der Waals surface area contributed by atoms with Crippen molar-refractivity contribution in [2.24, 2.45) is 0 Å². The quantitative estimate of drug-likeness (QED) is 0.772. The molecule has 2 aromatic carbocycles. The number of aliphatic hydroxyl groups excluding tert-OH is 1. The predicted octanol–water partition coefficient (Wildman–Crippen LogP) is 3.17. The van der Waals surface area contributed by atoms with Crippen molar-refractivity contribution in [3.8, 4) is 5.75 Å². The fourth-order valence-electron chi connectivity index (χ4n) is 2.10. The minimum Gasteiger partial charge on any atom is -0.496 e. The van der Waals surface area contributed by atoms with Gasteiger partial charge in [-0.2, -0.15) is 0 Å². The predicted molar refractivity (Wildman–Crippen MR) is 86.3 cm³/mol. The molecule has 2 aromatic rings. The van der Waals surface area contributed by atoms with Crippen LogP contribution in [0.2, 0.25) is 0 Å². The second-order valence-corrected chi connectivity index (χ2v) is 4.87. The number of halogens is 1. The summed E-state index contributed by atoms with van der Waals surface area (Å²) in [4.78, 5) is 0.